The molecule has 0 bridgehead atoms. The van der Waals surface area contributed by atoms with Crippen molar-refractivity contribution in [2.24, 2.45) is 0 Å². The molecule has 0 fully saturated rings. The van der Waals surface area contributed by atoms with Crippen molar-refractivity contribution < 1.29 is 29.8 Å². The first-order valence-corrected chi connectivity index (χ1v) is 10.2. The smallest absolute Gasteiger partial charge is 0.130 e. The molecule has 0 radical (unpaired) electrons. The Labute approximate surface area is 187 Å². The highest BCUT2D eigenvalue weighted by molar-refractivity contribution is 6.24. The fraction of sp³-hybridized carbons (Fsp3) is 0.250. The number of hydrogen-bond donors (Lipinski definition) is 3. The molecule has 0 unspecified atom stereocenters. The molecule has 0 saturated heterocycles. The fourth-order valence-electron chi connectivity index (χ4n) is 2.31. The van der Waals surface area contributed by atoms with E-state index in [-0.39, 0.29) is 0 Å². The van der Waals surface area contributed by atoms with E-state index in [2.05, 4.69) is 115 Å². The SMILES string of the molecule is C[NH+](C)c1ccccc1.C[NH+](C)c1ccccc1.C[NH+](C)c1ccccc1.[O-]B([O-])[O-]. The zero-order valence-electron chi connectivity index (χ0n) is 19.5. The molecule has 0 atom stereocenters. The minimum Gasteiger partial charge on any atom is -0.907 e. The topological polar surface area (TPSA) is 82.5 Å². The third kappa shape index (κ3) is 15.9. The molecule has 3 rings (SSSR count). The van der Waals surface area contributed by atoms with Gasteiger partial charge in [0.1, 0.15) is 17.1 Å². The lowest BCUT2D eigenvalue weighted by Crippen LogP contribution is -3.00. The van der Waals surface area contributed by atoms with Crippen LogP contribution in [0.5, 0.6) is 0 Å². The van der Waals surface area contributed by atoms with Gasteiger partial charge in [0.05, 0.1) is 42.3 Å². The van der Waals surface area contributed by atoms with E-state index in [0.717, 1.165) is 0 Å². The van der Waals surface area contributed by atoms with Crippen LogP contribution in [0.4, 0.5) is 17.1 Å². The van der Waals surface area contributed by atoms with E-state index in [1.54, 1.807) is 0 Å². The molecule has 0 aliphatic heterocycles. The molecule has 7 heteroatoms. The van der Waals surface area contributed by atoms with Crippen molar-refractivity contribution in [2.75, 3.05) is 42.3 Å². The van der Waals surface area contributed by atoms with Gasteiger partial charge >= 0.3 is 0 Å². The van der Waals surface area contributed by atoms with Gasteiger partial charge in [-0.3, -0.25) is 7.32 Å². The molecule has 0 aromatic heterocycles. The van der Waals surface area contributed by atoms with Crippen molar-refractivity contribution in [2.45, 2.75) is 0 Å². The van der Waals surface area contributed by atoms with Crippen LogP contribution >= 0.6 is 0 Å². The van der Waals surface area contributed by atoms with Gasteiger partial charge in [-0.15, -0.1) is 0 Å². The molecule has 0 saturated carbocycles. The zero-order valence-corrected chi connectivity index (χ0v) is 19.5. The Bertz CT molecular complexity index is 666. The molecule has 31 heavy (non-hydrogen) atoms. The second-order valence-electron chi connectivity index (χ2n) is 7.39. The normalized spacial score (nSPS) is 9.68. The molecule has 0 amide bonds. The second-order valence-corrected chi connectivity index (χ2v) is 7.39. The zero-order chi connectivity index (χ0) is 23.6. The molecule has 3 aromatic rings. The van der Waals surface area contributed by atoms with Crippen molar-refractivity contribution >= 4 is 24.4 Å². The van der Waals surface area contributed by atoms with Crippen LogP contribution in [-0.4, -0.2) is 49.6 Å². The molecule has 3 N–H and O–H groups in total. The lowest BCUT2D eigenvalue weighted by Gasteiger charge is -2.35. The van der Waals surface area contributed by atoms with Gasteiger partial charge in [0.25, 0.3) is 0 Å². The lowest BCUT2D eigenvalue weighted by atomic mass is 10.3. The van der Waals surface area contributed by atoms with E-state index in [1.165, 1.54) is 31.8 Å². The number of nitrogens with one attached hydrogen (secondary N) is 3. The molecule has 3 aromatic carbocycles. The summed E-state index contributed by atoms with van der Waals surface area (Å²) < 4.78 is 0. The van der Waals surface area contributed by atoms with Gasteiger partial charge in [0.2, 0.25) is 0 Å². The Hall–Kier alpha value is -2.52. The number of rotatable bonds is 3. The average Bonchev–Trinajstić information content (AvgIpc) is 2.76. The lowest BCUT2D eigenvalue weighted by molar-refractivity contribution is -0.786. The summed E-state index contributed by atoms with van der Waals surface area (Å²) in [6.07, 6.45) is 0. The average molecular weight is 425 g/mol. The monoisotopic (exact) mass is 425 g/mol. The van der Waals surface area contributed by atoms with Crippen LogP contribution in [0.3, 0.4) is 0 Å². The summed E-state index contributed by atoms with van der Waals surface area (Å²) in [6.45, 7) is 0. The quantitative estimate of drug-likeness (QED) is 0.404. The molecule has 0 spiro atoms. The minimum atomic E-state index is -2.92. The number of para-hydroxylation sites is 3. The van der Waals surface area contributed by atoms with Crippen molar-refractivity contribution in [1.29, 1.82) is 0 Å². The predicted molar refractivity (Wildman–Crippen MR) is 122 cm³/mol. The van der Waals surface area contributed by atoms with Gasteiger partial charge in [-0.05, 0) is 36.4 Å². The highest BCUT2D eigenvalue weighted by Gasteiger charge is 1.95. The molecular weight excluding hydrogens is 389 g/mol. The first-order chi connectivity index (χ1) is 14.6. The summed E-state index contributed by atoms with van der Waals surface area (Å²) in [7, 11) is 9.81. The van der Waals surface area contributed by atoms with Crippen molar-refractivity contribution in [1.82, 2.24) is 0 Å². The minimum absolute atomic E-state index is 1.33. The Kier molecular flexibility index (Phi) is 15.8. The Balaban J connectivity index is 0.000000402. The van der Waals surface area contributed by atoms with Crippen LogP contribution in [-0.2, 0) is 0 Å². The van der Waals surface area contributed by atoms with E-state index in [9.17, 15) is 0 Å². The third-order valence-corrected chi connectivity index (χ3v) is 4.05. The molecular formula is C24H36BN3O3. The van der Waals surface area contributed by atoms with E-state index >= 15 is 0 Å². The van der Waals surface area contributed by atoms with Gasteiger partial charge in [0, 0.05) is 0 Å². The summed E-state index contributed by atoms with van der Waals surface area (Å²) in [4.78, 5) is 4.11. The molecule has 0 aliphatic carbocycles. The van der Waals surface area contributed by atoms with Gasteiger partial charge in [0.15, 0.2) is 0 Å². The van der Waals surface area contributed by atoms with Gasteiger partial charge in [-0.25, -0.2) is 0 Å². The highest BCUT2D eigenvalue weighted by atomic mass is 16.5. The van der Waals surface area contributed by atoms with Crippen LogP contribution in [0.2, 0.25) is 0 Å². The van der Waals surface area contributed by atoms with E-state index in [4.69, 9.17) is 15.1 Å². The standard InChI is InChI=1S/3C8H11N.BO3/c3*1-9(2)8-6-4-3-5-7-8;2-1(3)4/h3*3-7H,1-2H3;/q;;;-3/p+3. The summed E-state index contributed by atoms with van der Waals surface area (Å²) >= 11 is 0. The summed E-state index contributed by atoms with van der Waals surface area (Å²) in [5.41, 5.74) is 3.99. The first-order valence-electron chi connectivity index (χ1n) is 10.2. The maximum absolute atomic E-state index is 8.42. The maximum Gasteiger partial charge on any atom is 0.130 e. The van der Waals surface area contributed by atoms with Gasteiger partial charge in [-0.2, -0.15) is 0 Å². The van der Waals surface area contributed by atoms with E-state index < -0.39 is 7.32 Å². The second kappa shape index (κ2) is 17.2. The van der Waals surface area contributed by atoms with Crippen molar-refractivity contribution in [3.05, 3.63) is 91.0 Å². The van der Waals surface area contributed by atoms with Crippen LogP contribution in [0, 0.1) is 0 Å². The largest absolute Gasteiger partial charge is 0.907 e. The number of hydrogen-bond acceptors (Lipinski definition) is 3. The molecule has 168 valence electrons. The fourth-order valence-corrected chi connectivity index (χ4v) is 2.31. The third-order valence-electron chi connectivity index (χ3n) is 4.05. The van der Waals surface area contributed by atoms with Crippen molar-refractivity contribution in [3.8, 4) is 0 Å². The van der Waals surface area contributed by atoms with Crippen LogP contribution in [0.15, 0.2) is 91.0 Å². The predicted octanol–water partition coefficient (Wildman–Crippen LogP) is -2.56. The van der Waals surface area contributed by atoms with Gasteiger partial charge < -0.3 is 29.8 Å². The Morgan fingerprint density at radius 1 is 0.419 bits per heavy atom. The van der Waals surface area contributed by atoms with Crippen LogP contribution in [0.1, 0.15) is 0 Å². The first kappa shape index (κ1) is 28.5. The molecule has 6 nitrogen and oxygen atoms in total. The van der Waals surface area contributed by atoms with Gasteiger partial charge in [-0.1, -0.05) is 54.6 Å². The highest BCUT2D eigenvalue weighted by Crippen LogP contribution is 1.97. The van der Waals surface area contributed by atoms with E-state index in [0.29, 0.717) is 0 Å². The van der Waals surface area contributed by atoms with E-state index in [1.807, 2.05) is 18.2 Å². The summed E-state index contributed by atoms with van der Waals surface area (Å²) in [6, 6.07) is 31.2. The van der Waals surface area contributed by atoms with Crippen LogP contribution in [0.25, 0.3) is 0 Å². The number of quaternary nitrogens is 3. The van der Waals surface area contributed by atoms with Crippen LogP contribution < -0.4 is 29.8 Å². The summed E-state index contributed by atoms with van der Waals surface area (Å²) in [5.74, 6) is 0. The maximum atomic E-state index is 8.42. The number of benzene rings is 3. The Morgan fingerprint density at radius 2 is 0.581 bits per heavy atom. The molecule has 0 aliphatic rings. The Morgan fingerprint density at radius 3 is 0.677 bits per heavy atom. The summed E-state index contributed by atoms with van der Waals surface area (Å²) in [5, 5.41) is 25.2. The van der Waals surface area contributed by atoms with Crippen molar-refractivity contribution in [3.63, 3.8) is 0 Å². The molecule has 0 heterocycles.